The van der Waals surface area contributed by atoms with Crippen molar-refractivity contribution in [2.75, 3.05) is 13.2 Å². The minimum absolute atomic E-state index is 0.220. The Bertz CT molecular complexity index is 647. The van der Waals surface area contributed by atoms with E-state index in [0.29, 0.717) is 34.7 Å². The van der Waals surface area contributed by atoms with Gasteiger partial charge in [-0.3, -0.25) is 4.79 Å². The Morgan fingerprint density at radius 3 is 2.52 bits per heavy atom. The molecule has 2 aromatic carbocycles. The minimum Gasteiger partial charge on any atom is -0.490 e. The van der Waals surface area contributed by atoms with Crippen molar-refractivity contribution in [2.45, 2.75) is 13.0 Å². The lowest BCUT2D eigenvalue weighted by atomic mass is 10.3. The molecule has 0 aliphatic rings. The Morgan fingerprint density at radius 1 is 1.13 bits per heavy atom. The molecule has 1 N–H and O–H groups in total. The molecule has 0 bridgehead atoms. The SMILES string of the molecule is C[C@@H](Oc1ccc(Cl)cc1)C(=O)NCCOc1ccccc1Cl. The molecule has 0 radical (unpaired) electrons. The van der Waals surface area contributed by atoms with Crippen LogP contribution in [-0.2, 0) is 4.79 Å². The summed E-state index contributed by atoms with van der Waals surface area (Å²) < 4.78 is 11.0. The van der Waals surface area contributed by atoms with Crippen molar-refractivity contribution in [3.05, 3.63) is 58.6 Å². The van der Waals surface area contributed by atoms with Crippen LogP contribution in [0.1, 0.15) is 6.92 Å². The molecule has 0 saturated carbocycles. The second-order valence-electron chi connectivity index (χ2n) is 4.78. The summed E-state index contributed by atoms with van der Waals surface area (Å²) in [5.74, 6) is 0.959. The van der Waals surface area contributed by atoms with Gasteiger partial charge in [0, 0.05) is 5.02 Å². The summed E-state index contributed by atoms with van der Waals surface area (Å²) >= 11 is 11.8. The molecule has 0 fully saturated rings. The molecule has 0 aliphatic carbocycles. The number of hydrogen-bond donors (Lipinski definition) is 1. The third kappa shape index (κ3) is 5.66. The van der Waals surface area contributed by atoms with Crippen LogP contribution in [0.3, 0.4) is 0 Å². The minimum atomic E-state index is -0.614. The number of carbonyl (C=O) groups is 1. The molecule has 2 rings (SSSR count). The highest BCUT2D eigenvalue weighted by Crippen LogP contribution is 2.22. The van der Waals surface area contributed by atoms with Gasteiger partial charge >= 0.3 is 0 Å². The zero-order valence-corrected chi connectivity index (χ0v) is 14.1. The molecular formula is C17H17Cl2NO3. The average molecular weight is 354 g/mol. The summed E-state index contributed by atoms with van der Waals surface area (Å²) in [5, 5.41) is 3.90. The first-order valence-electron chi connectivity index (χ1n) is 7.13. The van der Waals surface area contributed by atoms with E-state index in [-0.39, 0.29) is 5.91 Å². The van der Waals surface area contributed by atoms with Gasteiger partial charge in [-0.2, -0.15) is 0 Å². The molecule has 2 aromatic rings. The van der Waals surface area contributed by atoms with Crippen LogP contribution in [0, 0.1) is 0 Å². The fraction of sp³-hybridized carbons (Fsp3) is 0.235. The van der Waals surface area contributed by atoms with Gasteiger partial charge in [-0.15, -0.1) is 0 Å². The Kier molecular flexibility index (Phi) is 6.56. The summed E-state index contributed by atoms with van der Waals surface area (Å²) in [5.41, 5.74) is 0. The Hall–Kier alpha value is -1.91. The first kappa shape index (κ1) is 17.4. The highest BCUT2D eigenvalue weighted by atomic mass is 35.5. The maximum absolute atomic E-state index is 11.9. The number of carbonyl (C=O) groups excluding carboxylic acids is 1. The largest absolute Gasteiger partial charge is 0.490 e. The highest BCUT2D eigenvalue weighted by Gasteiger charge is 2.14. The maximum atomic E-state index is 11.9. The van der Waals surface area contributed by atoms with E-state index in [1.165, 1.54) is 0 Å². The fourth-order valence-electron chi connectivity index (χ4n) is 1.81. The van der Waals surface area contributed by atoms with E-state index in [0.717, 1.165) is 0 Å². The van der Waals surface area contributed by atoms with Crippen molar-refractivity contribution >= 4 is 29.1 Å². The summed E-state index contributed by atoms with van der Waals surface area (Å²) in [6.45, 7) is 2.36. The first-order valence-corrected chi connectivity index (χ1v) is 7.89. The molecule has 1 amide bonds. The van der Waals surface area contributed by atoms with Crippen molar-refractivity contribution in [2.24, 2.45) is 0 Å². The second kappa shape index (κ2) is 8.65. The number of halogens is 2. The smallest absolute Gasteiger partial charge is 0.260 e. The van der Waals surface area contributed by atoms with Crippen LogP contribution < -0.4 is 14.8 Å². The van der Waals surface area contributed by atoms with Gasteiger partial charge < -0.3 is 14.8 Å². The van der Waals surface area contributed by atoms with E-state index in [1.807, 2.05) is 12.1 Å². The third-order valence-electron chi connectivity index (χ3n) is 2.99. The Morgan fingerprint density at radius 2 is 1.83 bits per heavy atom. The highest BCUT2D eigenvalue weighted by molar-refractivity contribution is 6.32. The van der Waals surface area contributed by atoms with E-state index in [1.54, 1.807) is 43.3 Å². The van der Waals surface area contributed by atoms with Crippen molar-refractivity contribution in [3.63, 3.8) is 0 Å². The van der Waals surface area contributed by atoms with Crippen LogP contribution >= 0.6 is 23.2 Å². The van der Waals surface area contributed by atoms with Crippen LogP contribution in [-0.4, -0.2) is 25.2 Å². The Labute approximate surface area is 145 Å². The quantitative estimate of drug-likeness (QED) is 0.766. The van der Waals surface area contributed by atoms with Gasteiger partial charge in [0.1, 0.15) is 18.1 Å². The zero-order valence-electron chi connectivity index (χ0n) is 12.6. The van der Waals surface area contributed by atoms with Gasteiger partial charge in [0.2, 0.25) is 0 Å². The second-order valence-corrected chi connectivity index (χ2v) is 5.63. The van der Waals surface area contributed by atoms with E-state index < -0.39 is 6.10 Å². The van der Waals surface area contributed by atoms with Crippen LogP contribution in [0.15, 0.2) is 48.5 Å². The standard InChI is InChI=1S/C17H17Cl2NO3/c1-12(23-14-8-6-13(18)7-9-14)17(21)20-10-11-22-16-5-3-2-4-15(16)19/h2-9,12H,10-11H2,1H3,(H,20,21)/t12-/m1/s1. The lowest BCUT2D eigenvalue weighted by Crippen LogP contribution is -2.38. The normalized spacial score (nSPS) is 11.6. The molecule has 0 heterocycles. The molecule has 0 spiro atoms. The molecule has 4 nitrogen and oxygen atoms in total. The van der Waals surface area contributed by atoms with Gasteiger partial charge in [0.15, 0.2) is 6.10 Å². The average Bonchev–Trinajstić information content (AvgIpc) is 2.55. The topological polar surface area (TPSA) is 47.6 Å². The van der Waals surface area contributed by atoms with E-state index in [4.69, 9.17) is 32.7 Å². The van der Waals surface area contributed by atoms with E-state index in [9.17, 15) is 4.79 Å². The van der Waals surface area contributed by atoms with Gasteiger partial charge in [-0.25, -0.2) is 0 Å². The Balaban J connectivity index is 1.72. The molecule has 6 heteroatoms. The van der Waals surface area contributed by atoms with Crippen molar-refractivity contribution in [3.8, 4) is 11.5 Å². The number of para-hydroxylation sites is 1. The van der Waals surface area contributed by atoms with Crippen molar-refractivity contribution in [1.29, 1.82) is 0 Å². The van der Waals surface area contributed by atoms with Crippen LogP contribution in [0.25, 0.3) is 0 Å². The van der Waals surface area contributed by atoms with Crippen molar-refractivity contribution < 1.29 is 14.3 Å². The molecule has 0 aliphatic heterocycles. The monoisotopic (exact) mass is 353 g/mol. The fourth-order valence-corrected chi connectivity index (χ4v) is 2.13. The lowest BCUT2D eigenvalue weighted by Gasteiger charge is -2.15. The summed E-state index contributed by atoms with van der Waals surface area (Å²) in [7, 11) is 0. The number of amides is 1. The predicted octanol–water partition coefficient (Wildman–Crippen LogP) is 3.96. The van der Waals surface area contributed by atoms with E-state index in [2.05, 4.69) is 5.32 Å². The van der Waals surface area contributed by atoms with E-state index >= 15 is 0 Å². The van der Waals surface area contributed by atoms with Gasteiger partial charge in [0.05, 0.1) is 11.6 Å². The molecule has 23 heavy (non-hydrogen) atoms. The zero-order chi connectivity index (χ0) is 16.7. The molecular weight excluding hydrogens is 337 g/mol. The molecule has 0 saturated heterocycles. The molecule has 122 valence electrons. The number of hydrogen-bond acceptors (Lipinski definition) is 3. The van der Waals surface area contributed by atoms with Crippen LogP contribution in [0.4, 0.5) is 0 Å². The van der Waals surface area contributed by atoms with Gasteiger partial charge in [0.25, 0.3) is 5.91 Å². The number of nitrogens with one attached hydrogen (secondary N) is 1. The van der Waals surface area contributed by atoms with Crippen LogP contribution in [0.2, 0.25) is 10.0 Å². The first-order chi connectivity index (χ1) is 11.1. The van der Waals surface area contributed by atoms with Crippen molar-refractivity contribution in [1.82, 2.24) is 5.32 Å². The summed E-state index contributed by atoms with van der Waals surface area (Å²) in [4.78, 5) is 11.9. The van der Waals surface area contributed by atoms with Gasteiger partial charge in [-0.1, -0.05) is 35.3 Å². The lowest BCUT2D eigenvalue weighted by molar-refractivity contribution is -0.127. The molecule has 1 atom stereocenters. The number of rotatable bonds is 7. The molecule has 0 unspecified atom stereocenters. The number of ether oxygens (including phenoxy) is 2. The predicted molar refractivity (Wildman–Crippen MR) is 91.5 cm³/mol. The van der Waals surface area contributed by atoms with Gasteiger partial charge in [-0.05, 0) is 43.3 Å². The summed E-state index contributed by atoms with van der Waals surface area (Å²) in [6, 6.07) is 14.0. The summed E-state index contributed by atoms with van der Waals surface area (Å²) in [6.07, 6.45) is -0.614. The maximum Gasteiger partial charge on any atom is 0.260 e. The van der Waals surface area contributed by atoms with Crippen LogP contribution in [0.5, 0.6) is 11.5 Å². The number of benzene rings is 2. The molecule has 0 aromatic heterocycles. The third-order valence-corrected chi connectivity index (χ3v) is 3.56.